The van der Waals surface area contributed by atoms with Gasteiger partial charge in [-0.1, -0.05) is 25.7 Å². The van der Waals surface area contributed by atoms with Crippen LogP contribution in [0.5, 0.6) is 0 Å². The quantitative estimate of drug-likeness (QED) is 0.169. The number of aliphatic imine (C=N–C) groups is 1. The summed E-state index contributed by atoms with van der Waals surface area (Å²) >= 11 is 0. The lowest BCUT2D eigenvalue weighted by atomic mass is 10.1. The van der Waals surface area contributed by atoms with Gasteiger partial charge in [0.25, 0.3) is 0 Å². The van der Waals surface area contributed by atoms with Gasteiger partial charge >= 0.3 is 0 Å². The molecule has 0 unspecified atom stereocenters. The van der Waals surface area contributed by atoms with E-state index in [-0.39, 0.29) is 24.0 Å². The highest BCUT2D eigenvalue weighted by Crippen LogP contribution is 2.19. The van der Waals surface area contributed by atoms with Crippen LogP contribution in [0.15, 0.2) is 27.8 Å². The summed E-state index contributed by atoms with van der Waals surface area (Å²) in [6.07, 6.45) is 10.4. The smallest absolute Gasteiger partial charge is 0.216 e. The number of hydrogen-bond donors (Lipinski definition) is 3. The van der Waals surface area contributed by atoms with Crippen LogP contribution < -0.4 is 10.6 Å². The average molecular weight is 502 g/mol. The molecule has 0 radical (unpaired) electrons. The zero-order valence-electron chi connectivity index (χ0n) is 16.4. The molecule has 28 heavy (non-hydrogen) atoms. The van der Waals surface area contributed by atoms with Crippen molar-refractivity contribution in [2.24, 2.45) is 4.99 Å². The normalized spacial score (nSPS) is 15.7. The minimum absolute atomic E-state index is 0. The Hall–Kier alpha value is -1.62. The molecule has 0 saturated heterocycles. The van der Waals surface area contributed by atoms with Crippen LogP contribution in [0, 0.1) is 0 Å². The minimum Gasteiger partial charge on any atom is -0.461 e. The first kappa shape index (κ1) is 22.7. The highest BCUT2D eigenvalue weighted by molar-refractivity contribution is 14.0. The fourth-order valence-corrected chi connectivity index (χ4v) is 3.25. The van der Waals surface area contributed by atoms with Gasteiger partial charge in [-0.3, -0.25) is 10.1 Å². The summed E-state index contributed by atoms with van der Waals surface area (Å²) in [5.74, 6) is 2.82. The van der Waals surface area contributed by atoms with E-state index in [0.717, 1.165) is 18.3 Å². The Morgan fingerprint density at radius 2 is 2.04 bits per heavy atom. The van der Waals surface area contributed by atoms with Crippen molar-refractivity contribution in [1.82, 2.24) is 25.8 Å². The van der Waals surface area contributed by atoms with Gasteiger partial charge in [-0.25, -0.2) is 4.98 Å². The van der Waals surface area contributed by atoms with Crippen LogP contribution in [0.3, 0.4) is 0 Å². The zero-order chi connectivity index (χ0) is 18.7. The third kappa shape index (κ3) is 7.42. The van der Waals surface area contributed by atoms with Crippen molar-refractivity contribution in [2.45, 2.75) is 51.0 Å². The van der Waals surface area contributed by atoms with Gasteiger partial charge in [-0.05, 0) is 25.0 Å². The van der Waals surface area contributed by atoms with Crippen LogP contribution in [0.4, 0.5) is 0 Å². The maximum atomic E-state index is 5.99. The summed E-state index contributed by atoms with van der Waals surface area (Å²) in [4.78, 5) is 8.67. The monoisotopic (exact) mass is 502 g/mol. The second-order valence-corrected chi connectivity index (χ2v) is 6.74. The first-order valence-corrected chi connectivity index (χ1v) is 9.86. The van der Waals surface area contributed by atoms with Crippen molar-refractivity contribution < 1.29 is 9.15 Å². The predicted octanol–water partition coefficient (Wildman–Crippen LogP) is 3.13. The molecule has 3 rings (SSSR count). The van der Waals surface area contributed by atoms with E-state index in [1.54, 1.807) is 13.3 Å². The lowest BCUT2D eigenvalue weighted by molar-refractivity contribution is 0.0468. The van der Waals surface area contributed by atoms with Crippen molar-refractivity contribution >= 4 is 29.9 Å². The predicted molar refractivity (Wildman–Crippen MR) is 120 cm³/mol. The molecule has 1 saturated carbocycles. The summed E-state index contributed by atoms with van der Waals surface area (Å²) in [6.45, 7) is 2.16. The molecule has 156 valence electrons. The molecular weight excluding hydrogens is 471 g/mol. The fourth-order valence-electron chi connectivity index (χ4n) is 3.25. The molecular formula is C19H31IN6O2. The molecule has 9 heteroatoms. The highest BCUT2D eigenvalue weighted by Gasteiger charge is 2.12. The molecule has 8 nitrogen and oxygen atoms in total. The number of nitrogens with one attached hydrogen (secondary N) is 3. The summed E-state index contributed by atoms with van der Waals surface area (Å²) in [5.41, 5.74) is 0. The van der Waals surface area contributed by atoms with Crippen LogP contribution in [0.2, 0.25) is 0 Å². The van der Waals surface area contributed by atoms with Gasteiger partial charge in [0.2, 0.25) is 5.82 Å². The Bertz CT molecular complexity index is 680. The van der Waals surface area contributed by atoms with Crippen LogP contribution >= 0.6 is 24.0 Å². The third-order valence-corrected chi connectivity index (χ3v) is 4.70. The molecule has 2 heterocycles. The van der Waals surface area contributed by atoms with Crippen LogP contribution in [-0.4, -0.2) is 54.0 Å². The topological polar surface area (TPSA) is 100 Å². The van der Waals surface area contributed by atoms with E-state index in [0.29, 0.717) is 37.3 Å². The van der Waals surface area contributed by atoms with Crippen molar-refractivity contribution in [3.63, 3.8) is 0 Å². The molecule has 1 aliphatic carbocycles. The van der Waals surface area contributed by atoms with Crippen LogP contribution in [-0.2, 0) is 11.2 Å². The molecule has 1 fully saturated rings. The fraction of sp³-hybridized carbons (Fsp3) is 0.632. The van der Waals surface area contributed by atoms with Gasteiger partial charge in [-0.2, -0.15) is 5.10 Å². The molecule has 2 aromatic rings. The lowest BCUT2D eigenvalue weighted by Crippen LogP contribution is -2.40. The molecule has 0 bridgehead atoms. The number of aromatic nitrogens is 3. The summed E-state index contributed by atoms with van der Waals surface area (Å²) in [6, 6.07) is 3.66. The second-order valence-electron chi connectivity index (χ2n) is 6.74. The Morgan fingerprint density at radius 1 is 1.25 bits per heavy atom. The molecule has 0 aromatic carbocycles. The number of rotatable bonds is 8. The van der Waals surface area contributed by atoms with Gasteiger partial charge in [0.15, 0.2) is 11.7 Å². The van der Waals surface area contributed by atoms with E-state index in [1.165, 1.54) is 38.5 Å². The largest absolute Gasteiger partial charge is 0.461 e. The standard InChI is InChI=1S/C19H30N6O2.HI/c1-20-19(22-12-14-26-15-7-4-2-3-5-8-15)21-11-10-17-23-18(25-24-17)16-9-6-13-27-16;/h6,9,13,15H,2-5,7-8,10-12,14H2,1H3,(H2,20,21,22)(H,23,24,25);1H. The van der Waals surface area contributed by atoms with E-state index in [2.05, 4.69) is 30.8 Å². The number of halogens is 1. The SMILES string of the molecule is CN=C(NCCOC1CCCCCC1)NCCc1nc(-c2ccco2)n[nH]1.I. The number of aromatic amines is 1. The van der Waals surface area contributed by atoms with E-state index in [1.807, 2.05) is 12.1 Å². The van der Waals surface area contributed by atoms with Crippen molar-refractivity contribution in [3.05, 3.63) is 24.2 Å². The molecule has 0 amide bonds. The number of guanidine groups is 1. The maximum Gasteiger partial charge on any atom is 0.216 e. The number of furan rings is 1. The minimum atomic E-state index is 0. The first-order chi connectivity index (χ1) is 13.3. The maximum absolute atomic E-state index is 5.99. The van der Waals surface area contributed by atoms with Gasteiger partial charge in [0.1, 0.15) is 5.82 Å². The van der Waals surface area contributed by atoms with Crippen molar-refractivity contribution in [2.75, 3.05) is 26.7 Å². The number of hydrogen-bond acceptors (Lipinski definition) is 5. The van der Waals surface area contributed by atoms with Crippen LogP contribution in [0.25, 0.3) is 11.6 Å². The Kier molecular flexibility index (Phi) is 10.3. The molecule has 0 atom stereocenters. The molecule has 0 aliphatic heterocycles. The third-order valence-electron chi connectivity index (χ3n) is 4.70. The van der Waals surface area contributed by atoms with E-state index in [4.69, 9.17) is 9.15 Å². The van der Waals surface area contributed by atoms with Gasteiger partial charge in [-0.15, -0.1) is 24.0 Å². The van der Waals surface area contributed by atoms with E-state index < -0.39 is 0 Å². The summed E-state index contributed by atoms with van der Waals surface area (Å²) in [5, 5.41) is 13.7. The van der Waals surface area contributed by atoms with Crippen molar-refractivity contribution in [3.8, 4) is 11.6 Å². The van der Waals surface area contributed by atoms with Gasteiger partial charge < -0.3 is 19.8 Å². The zero-order valence-corrected chi connectivity index (χ0v) is 18.8. The molecule has 2 aromatic heterocycles. The molecule has 0 spiro atoms. The van der Waals surface area contributed by atoms with Gasteiger partial charge in [0, 0.05) is 26.6 Å². The number of ether oxygens (including phenoxy) is 1. The Balaban J connectivity index is 0.00000280. The van der Waals surface area contributed by atoms with Crippen molar-refractivity contribution in [1.29, 1.82) is 0 Å². The van der Waals surface area contributed by atoms with E-state index >= 15 is 0 Å². The Morgan fingerprint density at radius 3 is 2.75 bits per heavy atom. The average Bonchev–Trinajstić information content (AvgIpc) is 3.31. The van der Waals surface area contributed by atoms with Gasteiger partial charge in [0.05, 0.1) is 19.0 Å². The Labute approximate surface area is 183 Å². The summed E-state index contributed by atoms with van der Waals surface area (Å²) in [7, 11) is 1.77. The summed E-state index contributed by atoms with van der Waals surface area (Å²) < 4.78 is 11.3. The van der Waals surface area contributed by atoms with Crippen LogP contribution in [0.1, 0.15) is 44.3 Å². The first-order valence-electron chi connectivity index (χ1n) is 9.86. The van der Waals surface area contributed by atoms with E-state index in [9.17, 15) is 0 Å². The number of nitrogens with zero attached hydrogens (tertiary/aromatic N) is 3. The second kappa shape index (κ2) is 12.8. The highest BCUT2D eigenvalue weighted by atomic mass is 127. The molecule has 1 aliphatic rings. The number of H-pyrrole nitrogens is 1. The lowest BCUT2D eigenvalue weighted by Gasteiger charge is -2.16. The molecule has 3 N–H and O–H groups in total.